The summed E-state index contributed by atoms with van der Waals surface area (Å²) in [5, 5.41) is 12.4. The highest BCUT2D eigenvalue weighted by Gasteiger charge is 2.28. The van der Waals surface area contributed by atoms with Gasteiger partial charge in [0.05, 0.1) is 24.8 Å². The summed E-state index contributed by atoms with van der Waals surface area (Å²) < 4.78 is 5.79. The van der Waals surface area contributed by atoms with Crippen LogP contribution in [0, 0.1) is 11.3 Å². The number of hydrogen-bond acceptors (Lipinski definition) is 4. The van der Waals surface area contributed by atoms with E-state index in [0.717, 1.165) is 42.0 Å². The van der Waals surface area contributed by atoms with E-state index in [1.807, 2.05) is 18.2 Å². The molecule has 1 N–H and O–H groups in total. The molecule has 3 rings (SSSR count). The fraction of sp³-hybridized carbons (Fsp3) is 0.385. The van der Waals surface area contributed by atoms with Crippen LogP contribution in [0.25, 0.3) is 0 Å². The van der Waals surface area contributed by atoms with Crippen molar-refractivity contribution in [3.8, 4) is 6.07 Å². The molecule has 2 aliphatic rings. The maximum absolute atomic E-state index is 9.11. The zero-order chi connectivity index (χ0) is 11.7. The predicted molar refractivity (Wildman–Crippen MR) is 63.9 cm³/mol. The summed E-state index contributed by atoms with van der Waals surface area (Å²) in [6.07, 6.45) is 0.692. The number of amidine groups is 1. The van der Waals surface area contributed by atoms with Crippen LogP contribution in [-0.2, 0) is 11.2 Å². The molecular weight excluding hydrogens is 214 g/mol. The van der Waals surface area contributed by atoms with Crippen molar-refractivity contribution in [2.24, 2.45) is 4.99 Å². The van der Waals surface area contributed by atoms with Gasteiger partial charge >= 0.3 is 0 Å². The van der Waals surface area contributed by atoms with Gasteiger partial charge in [-0.25, -0.2) is 0 Å². The van der Waals surface area contributed by atoms with E-state index >= 15 is 0 Å². The Morgan fingerprint density at radius 2 is 2.41 bits per heavy atom. The van der Waals surface area contributed by atoms with Crippen LogP contribution in [0.2, 0.25) is 0 Å². The lowest BCUT2D eigenvalue weighted by Crippen LogP contribution is -2.31. The van der Waals surface area contributed by atoms with E-state index in [1.54, 1.807) is 0 Å². The summed E-state index contributed by atoms with van der Waals surface area (Å²) >= 11 is 0. The van der Waals surface area contributed by atoms with Crippen molar-refractivity contribution in [2.75, 3.05) is 19.7 Å². The average Bonchev–Trinajstić information content (AvgIpc) is 2.91. The lowest BCUT2D eigenvalue weighted by Gasteiger charge is -2.26. The first-order valence-electron chi connectivity index (χ1n) is 5.82. The predicted octanol–water partition coefficient (Wildman–Crippen LogP) is 1.17. The molecule has 0 aliphatic carbocycles. The highest BCUT2D eigenvalue weighted by atomic mass is 16.5. The molecule has 1 aromatic rings. The van der Waals surface area contributed by atoms with E-state index in [0.29, 0.717) is 6.61 Å². The number of hydrogen-bond donors (Lipinski definition) is 1. The van der Waals surface area contributed by atoms with E-state index in [-0.39, 0.29) is 6.10 Å². The summed E-state index contributed by atoms with van der Waals surface area (Å²) in [4.78, 5) is 4.41. The van der Waals surface area contributed by atoms with Crippen molar-refractivity contribution >= 4 is 5.84 Å². The maximum atomic E-state index is 9.11. The van der Waals surface area contributed by atoms with Crippen LogP contribution in [0.1, 0.15) is 22.8 Å². The van der Waals surface area contributed by atoms with Crippen molar-refractivity contribution in [3.63, 3.8) is 0 Å². The van der Waals surface area contributed by atoms with Gasteiger partial charge in [0.1, 0.15) is 11.9 Å². The minimum Gasteiger partial charge on any atom is -0.369 e. The minimum atomic E-state index is -0.116. The third-order valence-corrected chi connectivity index (χ3v) is 3.20. The Bertz CT molecular complexity index is 516. The number of nitrogens with zero attached hydrogens (tertiary/aromatic N) is 2. The van der Waals surface area contributed by atoms with Crippen LogP contribution in [0.3, 0.4) is 0 Å². The van der Waals surface area contributed by atoms with Crippen LogP contribution in [-0.4, -0.2) is 25.5 Å². The molecule has 86 valence electrons. The van der Waals surface area contributed by atoms with Crippen molar-refractivity contribution in [1.82, 2.24) is 5.32 Å². The Balaban J connectivity index is 2.05. The lowest BCUT2D eigenvalue weighted by molar-refractivity contribution is 0.0859. The third kappa shape index (κ3) is 1.69. The quantitative estimate of drug-likeness (QED) is 0.783. The van der Waals surface area contributed by atoms with Gasteiger partial charge in [-0.3, -0.25) is 4.99 Å². The van der Waals surface area contributed by atoms with Gasteiger partial charge in [-0.1, -0.05) is 12.1 Å². The molecule has 0 aromatic heterocycles. The van der Waals surface area contributed by atoms with E-state index in [2.05, 4.69) is 16.4 Å². The maximum Gasteiger partial charge on any atom is 0.140 e. The summed E-state index contributed by atoms with van der Waals surface area (Å²) in [7, 11) is 0. The van der Waals surface area contributed by atoms with Gasteiger partial charge in [-0.2, -0.15) is 5.26 Å². The molecule has 4 nitrogen and oxygen atoms in total. The molecule has 17 heavy (non-hydrogen) atoms. The van der Waals surface area contributed by atoms with Crippen molar-refractivity contribution in [2.45, 2.75) is 12.5 Å². The fourth-order valence-corrected chi connectivity index (χ4v) is 2.42. The first kappa shape index (κ1) is 10.3. The minimum absolute atomic E-state index is 0.116. The number of nitrogens with one attached hydrogen (secondary N) is 1. The molecule has 0 saturated heterocycles. The number of nitriles is 1. The molecule has 1 aromatic carbocycles. The Kier molecular flexibility index (Phi) is 2.54. The van der Waals surface area contributed by atoms with Gasteiger partial charge in [0.15, 0.2) is 0 Å². The number of ether oxygens (including phenoxy) is 1. The molecule has 0 amide bonds. The van der Waals surface area contributed by atoms with E-state index in [9.17, 15) is 0 Å². The second kappa shape index (κ2) is 4.19. The van der Waals surface area contributed by atoms with Gasteiger partial charge < -0.3 is 10.1 Å². The van der Waals surface area contributed by atoms with Crippen molar-refractivity contribution < 1.29 is 4.74 Å². The highest BCUT2D eigenvalue weighted by Crippen LogP contribution is 2.30. The number of aliphatic imine (C=N–C) groups is 1. The Morgan fingerprint density at radius 3 is 3.18 bits per heavy atom. The zero-order valence-electron chi connectivity index (χ0n) is 9.44. The molecule has 1 unspecified atom stereocenters. The third-order valence-electron chi connectivity index (χ3n) is 3.20. The van der Waals surface area contributed by atoms with Crippen LogP contribution in [0.4, 0.5) is 0 Å². The molecule has 2 heterocycles. The molecule has 0 spiro atoms. The van der Waals surface area contributed by atoms with Crippen LogP contribution in [0.15, 0.2) is 23.2 Å². The van der Waals surface area contributed by atoms with E-state index in [1.165, 1.54) is 0 Å². The second-order valence-corrected chi connectivity index (χ2v) is 4.18. The van der Waals surface area contributed by atoms with Crippen LogP contribution in [0.5, 0.6) is 0 Å². The second-order valence-electron chi connectivity index (χ2n) is 4.18. The molecule has 0 fully saturated rings. The fourth-order valence-electron chi connectivity index (χ4n) is 2.42. The first-order chi connectivity index (χ1) is 8.40. The van der Waals surface area contributed by atoms with Gasteiger partial charge in [0.25, 0.3) is 0 Å². The van der Waals surface area contributed by atoms with Gasteiger partial charge in [-0.05, 0) is 23.6 Å². The number of benzene rings is 1. The smallest absolute Gasteiger partial charge is 0.140 e. The molecular formula is C13H13N3O. The summed E-state index contributed by atoms with van der Waals surface area (Å²) in [5.41, 5.74) is 2.96. The monoisotopic (exact) mass is 227 g/mol. The molecule has 4 heteroatoms. The largest absolute Gasteiger partial charge is 0.369 e. The summed E-state index contributed by atoms with van der Waals surface area (Å²) in [6.45, 7) is 2.34. The van der Waals surface area contributed by atoms with E-state index in [4.69, 9.17) is 10.00 Å². The zero-order valence-corrected chi connectivity index (χ0v) is 9.44. The number of rotatable bonds is 1. The van der Waals surface area contributed by atoms with Gasteiger partial charge in [0, 0.05) is 6.54 Å². The summed E-state index contributed by atoms with van der Waals surface area (Å²) in [5.74, 6) is 0.904. The van der Waals surface area contributed by atoms with Gasteiger partial charge in [0.2, 0.25) is 0 Å². The Hall–Kier alpha value is -1.86. The normalized spacial score (nSPS) is 22.3. The SMILES string of the molecule is N#Cc1cccc2c1CCOC2C1=NCCN1. The van der Waals surface area contributed by atoms with Crippen LogP contribution >= 0.6 is 0 Å². The molecule has 1 atom stereocenters. The first-order valence-corrected chi connectivity index (χ1v) is 5.82. The molecule has 0 bridgehead atoms. The Morgan fingerprint density at radius 1 is 1.47 bits per heavy atom. The average molecular weight is 227 g/mol. The van der Waals surface area contributed by atoms with Crippen molar-refractivity contribution in [1.29, 1.82) is 5.26 Å². The van der Waals surface area contributed by atoms with E-state index < -0.39 is 0 Å². The van der Waals surface area contributed by atoms with Gasteiger partial charge in [-0.15, -0.1) is 0 Å². The standard InChI is InChI=1S/C13H13N3O/c14-8-9-2-1-3-11-10(9)4-7-17-12(11)13-15-5-6-16-13/h1-3,12H,4-7H2,(H,15,16). The highest BCUT2D eigenvalue weighted by molar-refractivity contribution is 5.89. The van der Waals surface area contributed by atoms with Crippen molar-refractivity contribution in [3.05, 3.63) is 34.9 Å². The molecule has 0 saturated carbocycles. The Labute approximate surface area is 99.9 Å². The topological polar surface area (TPSA) is 57.4 Å². The molecule has 2 aliphatic heterocycles. The lowest BCUT2D eigenvalue weighted by atomic mass is 9.93. The van der Waals surface area contributed by atoms with Crippen LogP contribution < -0.4 is 5.32 Å². The molecule has 0 radical (unpaired) electrons. The summed E-state index contributed by atoms with van der Waals surface area (Å²) in [6, 6.07) is 8.06. The number of fused-ring (bicyclic) bond motifs is 1.